The molecule has 25 heavy (non-hydrogen) atoms. The molecule has 7 heteroatoms. The maximum absolute atomic E-state index is 13.9. The predicted octanol–water partition coefficient (Wildman–Crippen LogP) is 2.55. The highest BCUT2D eigenvalue weighted by molar-refractivity contribution is 5.83. The van der Waals surface area contributed by atoms with E-state index in [9.17, 15) is 18.4 Å². The SMILES string of the molecule is O=C(O)CCN(CC1CCCO1)C(=O)C1CC1c1cccc(F)c1F. The Labute approximate surface area is 144 Å². The van der Waals surface area contributed by atoms with E-state index in [4.69, 9.17) is 9.84 Å². The first-order chi connectivity index (χ1) is 12.0. The van der Waals surface area contributed by atoms with E-state index >= 15 is 0 Å². The van der Waals surface area contributed by atoms with Crippen LogP contribution in [0.3, 0.4) is 0 Å². The van der Waals surface area contributed by atoms with Gasteiger partial charge in [0, 0.05) is 25.6 Å². The minimum atomic E-state index is -0.978. The normalized spacial score (nSPS) is 25.0. The Hall–Kier alpha value is -2.02. The maximum atomic E-state index is 13.9. The zero-order valence-corrected chi connectivity index (χ0v) is 13.8. The Balaban J connectivity index is 1.67. The Bertz CT molecular complexity index is 660. The van der Waals surface area contributed by atoms with Gasteiger partial charge < -0.3 is 14.7 Å². The van der Waals surface area contributed by atoms with Gasteiger partial charge in [-0.05, 0) is 36.8 Å². The molecule has 3 rings (SSSR count). The number of rotatable bonds is 7. The first-order valence-corrected chi connectivity index (χ1v) is 8.53. The minimum Gasteiger partial charge on any atom is -0.481 e. The summed E-state index contributed by atoms with van der Waals surface area (Å²) in [4.78, 5) is 25.1. The van der Waals surface area contributed by atoms with Crippen molar-refractivity contribution >= 4 is 11.9 Å². The second kappa shape index (κ2) is 7.47. The summed E-state index contributed by atoms with van der Waals surface area (Å²) in [6.07, 6.45) is 1.98. The molecule has 1 saturated carbocycles. The highest BCUT2D eigenvalue weighted by Crippen LogP contribution is 2.49. The van der Waals surface area contributed by atoms with E-state index < -0.39 is 23.5 Å². The van der Waals surface area contributed by atoms with Crippen LogP contribution in [0.5, 0.6) is 0 Å². The van der Waals surface area contributed by atoms with Crippen LogP contribution in [0.25, 0.3) is 0 Å². The van der Waals surface area contributed by atoms with Gasteiger partial charge in [-0.3, -0.25) is 9.59 Å². The topological polar surface area (TPSA) is 66.8 Å². The molecule has 1 aliphatic heterocycles. The van der Waals surface area contributed by atoms with Crippen LogP contribution < -0.4 is 0 Å². The molecular formula is C18H21F2NO4. The molecular weight excluding hydrogens is 332 g/mol. The molecule has 3 unspecified atom stereocenters. The fourth-order valence-corrected chi connectivity index (χ4v) is 3.41. The summed E-state index contributed by atoms with van der Waals surface area (Å²) in [5, 5.41) is 8.90. The van der Waals surface area contributed by atoms with Crippen LogP contribution in [0, 0.1) is 17.6 Å². The largest absolute Gasteiger partial charge is 0.481 e. The molecule has 0 aromatic heterocycles. The van der Waals surface area contributed by atoms with Crippen molar-refractivity contribution < 1.29 is 28.2 Å². The van der Waals surface area contributed by atoms with E-state index in [1.807, 2.05) is 0 Å². The van der Waals surface area contributed by atoms with Crippen molar-refractivity contribution in [2.24, 2.45) is 5.92 Å². The molecule has 0 spiro atoms. The zero-order chi connectivity index (χ0) is 18.0. The molecule has 2 aliphatic rings. The molecule has 1 aliphatic carbocycles. The van der Waals surface area contributed by atoms with Gasteiger partial charge in [0.15, 0.2) is 11.6 Å². The number of benzene rings is 1. The van der Waals surface area contributed by atoms with Crippen molar-refractivity contribution in [3.8, 4) is 0 Å². The number of nitrogens with zero attached hydrogens (tertiary/aromatic N) is 1. The maximum Gasteiger partial charge on any atom is 0.305 e. The van der Waals surface area contributed by atoms with E-state index in [1.54, 1.807) is 0 Å². The van der Waals surface area contributed by atoms with Crippen molar-refractivity contribution in [3.05, 3.63) is 35.4 Å². The Morgan fingerprint density at radius 2 is 2.12 bits per heavy atom. The smallest absolute Gasteiger partial charge is 0.305 e. The third-order valence-corrected chi connectivity index (χ3v) is 4.84. The second-order valence-corrected chi connectivity index (χ2v) is 6.65. The van der Waals surface area contributed by atoms with Gasteiger partial charge in [0.05, 0.1) is 12.5 Å². The number of aliphatic carboxylic acids is 1. The number of carboxylic acid groups (broad SMARTS) is 1. The number of carbonyl (C=O) groups excluding carboxylic acids is 1. The minimum absolute atomic E-state index is 0.0825. The number of hydrogen-bond acceptors (Lipinski definition) is 3. The first kappa shape index (κ1) is 17.8. The molecule has 1 saturated heterocycles. The Morgan fingerprint density at radius 3 is 2.80 bits per heavy atom. The molecule has 0 radical (unpaired) electrons. The lowest BCUT2D eigenvalue weighted by Crippen LogP contribution is -2.39. The van der Waals surface area contributed by atoms with Crippen LogP contribution in [0.15, 0.2) is 18.2 Å². The van der Waals surface area contributed by atoms with Crippen molar-refractivity contribution in [1.29, 1.82) is 0 Å². The molecule has 1 N–H and O–H groups in total. The lowest BCUT2D eigenvalue weighted by molar-refractivity contribution is -0.139. The summed E-state index contributed by atoms with van der Waals surface area (Å²) < 4.78 is 32.8. The molecule has 0 bridgehead atoms. The van der Waals surface area contributed by atoms with E-state index in [2.05, 4.69) is 0 Å². The fourth-order valence-electron chi connectivity index (χ4n) is 3.41. The van der Waals surface area contributed by atoms with E-state index in [0.29, 0.717) is 19.6 Å². The number of carboxylic acids is 1. The summed E-state index contributed by atoms with van der Waals surface area (Å²) in [7, 11) is 0. The molecule has 136 valence electrons. The number of hydrogen-bond donors (Lipinski definition) is 1. The lowest BCUT2D eigenvalue weighted by atomic mass is 10.1. The molecule has 1 aromatic rings. The summed E-state index contributed by atoms with van der Waals surface area (Å²) in [6.45, 7) is 1.09. The summed E-state index contributed by atoms with van der Waals surface area (Å²) in [5.41, 5.74) is 0.216. The van der Waals surface area contributed by atoms with Crippen LogP contribution in [0.4, 0.5) is 8.78 Å². The average Bonchev–Trinajstić information content (AvgIpc) is 3.20. The van der Waals surface area contributed by atoms with Gasteiger partial charge in [0.2, 0.25) is 5.91 Å². The van der Waals surface area contributed by atoms with Gasteiger partial charge in [-0.1, -0.05) is 12.1 Å². The second-order valence-electron chi connectivity index (χ2n) is 6.65. The summed E-state index contributed by atoms with van der Waals surface area (Å²) in [5.74, 6) is -3.78. The van der Waals surface area contributed by atoms with Crippen LogP contribution >= 0.6 is 0 Å². The van der Waals surface area contributed by atoms with Gasteiger partial charge in [-0.15, -0.1) is 0 Å². The monoisotopic (exact) mass is 353 g/mol. The number of halogens is 2. The van der Waals surface area contributed by atoms with Crippen LogP contribution in [-0.2, 0) is 14.3 Å². The molecule has 5 nitrogen and oxygen atoms in total. The fraction of sp³-hybridized carbons (Fsp3) is 0.556. The Morgan fingerprint density at radius 1 is 1.32 bits per heavy atom. The average molecular weight is 353 g/mol. The predicted molar refractivity (Wildman–Crippen MR) is 85.0 cm³/mol. The van der Waals surface area contributed by atoms with Gasteiger partial charge >= 0.3 is 5.97 Å². The van der Waals surface area contributed by atoms with Crippen molar-refractivity contribution in [1.82, 2.24) is 4.90 Å². The van der Waals surface area contributed by atoms with Gasteiger partial charge in [-0.2, -0.15) is 0 Å². The Kier molecular flexibility index (Phi) is 5.32. The van der Waals surface area contributed by atoms with Crippen LogP contribution in [0.1, 0.15) is 37.2 Å². The molecule has 1 heterocycles. The van der Waals surface area contributed by atoms with Crippen molar-refractivity contribution in [3.63, 3.8) is 0 Å². The standard InChI is InChI=1S/C18H21F2NO4/c19-15-5-1-4-12(17(15)20)13-9-14(13)18(24)21(7-6-16(22)23)10-11-3-2-8-25-11/h1,4-5,11,13-14H,2-3,6-10H2,(H,22,23). The number of ether oxygens (including phenoxy) is 1. The number of carbonyl (C=O) groups is 2. The zero-order valence-electron chi connectivity index (χ0n) is 13.8. The van der Waals surface area contributed by atoms with Crippen molar-refractivity contribution in [2.75, 3.05) is 19.7 Å². The van der Waals surface area contributed by atoms with Crippen LogP contribution in [0.2, 0.25) is 0 Å². The summed E-state index contributed by atoms with van der Waals surface area (Å²) >= 11 is 0. The quantitative estimate of drug-likeness (QED) is 0.818. The molecule has 2 fully saturated rings. The third-order valence-electron chi connectivity index (χ3n) is 4.84. The number of amides is 1. The molecule has 1 amide bonds. The van der Waals surface area contributed by atoms with Crippen molar-refractivity contribution in [2.45, 2.75) is 37.7 Å². The lowest BCUT2D eigenvalue weighted by Gasteiger charge is -2.25. The first-order valence-electron chi connectivity index (χ1n) is 8.53. The highest BCUT2D eigenvalue weighted by atomic mass is 19.2. The van der Waals surface area contributed by atoms with E-state index in [1.165, 1.54) is 17.0 Å². The van der Waals surface area contributed by atoms with E-state index in [-0.39, 0.29) is 36.5 Å². The van der Waals surface area contributed by atoms with Gasteiger partial charge in [0.25, 0.3) is 0 Å². The van der Waals surface area contributed by atoms with E-state index in [0.717, 1.165) is 18.9 Å². The van der Waals surface area contributed by atoms with Crippen LogP contribution in [-0.4, -0.2) is 47.7 Å². The van der Waals surface area contributed by atoms with Gasteiger partial charge in [-0.25, -0.2) is 8.78 Å². The molecule has 3 atom stereocenters. The highest BCUT2D eigenvalue weighted by Gasteiger charge is 2.47. The summed E-state index contributed by atoms with van der Waals surface area (Å²) in [6, 6.07) is 3.98. The van der Waals surface area contributed by atoms with Gasteiger partial charge in [0.1, 0.15) is 0 Å². The third kappa shape index (κ3) is 4.15. The molecule has 1 aromatic carbocycles.